The average Bonchev–Trinajstić information content (AvgIpc) is 2.63. The quantitative estimate of drug-likeness (QED) is 0.772. The summed E-state index contributed by atoms with van der Waals surface area (Å²) in [4.78, 5) is 3.81. The van der Waals surface area contributed by atoms with Crippen LogP contribution in [-0.4, -0.2) is 11.5 Å². The fraction of sp³-hybridized carbons (Fsp3) is 0.615. The summed E-state index contributed by atoms with van der Waals surface area (Å²) in [6.45, 7) is 3.10. The van der Waals surface area contributed by atoms with Gasteiger partial charge in [0.2, 0.25) is 0 Å². The summed E-state index contributed by atoms with van der Waals surface area (Å²) in [5.41, 5.74) is 0.814. The SMILES string of the molecule is CC1CN[C@H]2c3ccc(C(F)(F)F)nc3CC2C1. The van der Waals surface area contributed by atoms with Gasteiger partial charge in [0.15, 0.2) is 0 Å². The van der Waals surface area contributed by atoms with Crippen molar-refractivity contribution in [1.29, 1.82) is 0 Å². The van der Waals surface area contributed by atoms with Crippen molar-refractivity contribution in [2.75, 3.05) is 6.54 Å². The van der Waals surface area contributed by atoms with E-state index >= 15 is 0 Å². The number of nitrogens with zero attached hydrogens (tertiary/aromatic N) is 1. The van der Waals surface area contributed by atoms with Crippen LogP contribution in [0.25, 0.3) is 0 Å². The summed E-state index contributed by atoms with van der Waals surface area (Å²) < 4.78 is 37.8. The minimum Gasteiger partial charge on any atom is -0.309 e. The largest absolute Gasteiger partial charge is 0.433 e. The highest BCUT2D eigenvalue weighted by molar-refractivity contribution is 5.33. The van der Waals surface area contributed by atoms with Crippen molar-refractivity contribution in [2.45, 2.75) is 32.0 Å². The van der Waals surface area contributed by atoms with Crippen molar-refractivity contribution in [2.24, 2.45) is 11.8 Å². The number of hydrogen-bond acceptors (Lipinski definition) is 2. The normalized spacial score (nSPS) is 31.0. The first-order valence-electron chi connectivity index (χ1n) is 6.25. The molecule has 2 nitrogen and oxygen atoms in total. The van der Waals surface area contributed by atoms with Crippen molar-refractivity contribution in [3.05, 3.63) is 29.1 Å². The summed E-state index contributed by atoms with van der Waals surface area (Å²) in [5.74, 6) is 0.988. The van der Waals surface area contributed by atoms with Gasteiger partial charge in [0.25, 0.3) is 0 Å². The number of pyridine rings is 1. The molecule has 0 aromatic carbocycles. The van der Waals surface area contributed by atoms with Crippen molar-refractivity contribution >= 4 is 0 Å². The van der Waals surface area contributed by atoms with Crippen LogP contribution < -0.4 is 5.32 Å². The van der Waals surface area contributed by atoms with E-state index in [0.717, 1.165) is 24.6 Å². The lowest BCUT2D eigenvalue weighted by molar-refractivity contribution is -0.141. The van der Waals surface area contributed by atoms with Crippen LogP contribution in [0.4, 0.5) is 13.2 Å². The van der Waals surface area contributed by atoms with Crippen molar-refractivity contribution in [3.8, 4) is 0 Å². The fourth-order valence-electron chi connectivity index (χ4n) is 3.16. The third-order valence-corrected chi connectivity index (χ3v) is 3.95. The number of piperidine rings is 1. The van der Waals surface area contributed by atoms with Crippen molar-refractivity contribution < 1.29 is 13.2 Å². The highest BCUT2D eigenvalue weighted by Crippen LogP contribution is 2.42. The number of aromatic nitrogens is 1. The summed E-state index contributed by atoms with van der Waals surface area (Å²) in [6, 6.07) is 2.89. The van der Waals surface area contributed by atoms with Gasteiger partial charge in [-0.2, -0.15) is 13.2 Å². The molecule has 1 saturated heterocycles. The van der Waals surface area contributed by atoms with Gasteiger partial charge in [-0.3, -0.25) is 0 Å². The Balaban J connectivity index is 1.93. The molecule has 0 saturated carbocycles. The molecule has 3 rings (SSSR count). The van der Waals surface area contributed by atoms with Gasteiger partial charge in [0.1, 0.15) is 5.69 Å². The molecular formula is C13H15F3N2. The molecule has 98 valence electrons. The molecule has 1 aliphatic carbocycles. The van der Waals surface area contributed by atoms with Gasteiger partial charge < -0.3 is 5.32 Å². The van der Waals surface area contributed by atoms with E-state index in [0.29, 0.717) is 24.0 Å². The predicted octanol–water partition coefficient (Wildman–Crippen LogP) is 2.94. The van der Waals surface area contributed by atoms with Crippen LogP contribution in [0.15, 0.2) is 12.1 Å². The van der Waals surface area contributed by atoms with E-state index in [-0.39, 0.29) is 6.04 Å². The molecule has 0 spiro atoms. The molecule has 2 unspecified atom stereocenters. The molecule has 1 aromatic rings. The van der Waals surface area contributed by atoms with Gasteiger partial charge in [-0.05, 0) is 42.9 Å². The first-order valence-corrected chi connectivity index (χ1v) is 6.25. The Labute approximate surface area is 104 Å². The van der Waals surface area contributed by atoms with Gasteiger partial charge in [-0.1, -0.05) is 13.0 Å². The van der Waals surface area contributed by atoms with E-state index in [1.807, 2.05) is 0 Å². The molecule has 1 N–H and O–H groups in total. The van der Waals surface area contributed by atoms with Gasteiger partial charge in [0, 0.05) is 11.7 Å². The van der Waals surface area contributed by atoms with Crippen LogP contribution >= 0.6 is 0 Å². The van der Waals surface area contributed by atoms with E-state index in [1.54, 1.807) is 6.07 Å². The Morgan fingerprint density at radius 1 is 1.33 bits per heavy atom. The highest BCUT2D eigenvalue weighted by Gasteiger charge is 2.39. The second kappa shape index (κ2) is 3.95. The van der Waals surface area contributed by atoms with E-state index in [1.165, 1.54) is 0 Å². The Morgan fingerprint density at radius 2 is 2.11 bits per heavy atom. The highest BCUT2D eigenvalue weighted by atomic mass is 19.4. The molecule has 2 aliphatic rings. The summed E-state index contributed by atoms with van der Waals surface area (Å²) in [7, 11) is 0. The Kier molecular flexibility index (Phi) is 2.62. The maximum absolute atomic E-state index is 12.6. The minimum absolute atomic E-state index is 0.200. The molecule has 0 bridgehead atoms. The predicted molar refractivity (Wildman–Crippen MR) is 61.0 cm³/mol. The van der Waals surface area contributed by atoms with E-state index < -0.39 is 11.9 Å². The van der Waals surface area contributed by atoms with Crippen molar-refractivity contribution in [1.82, 2.24) is 10.3 Å². The average molecular weight is 256 g/mol. The van der Waals surface area contributed by atoms with E-state index in [9.17, 15) is 13.2 Å². The molecule has 2 heterocycles. The number of hydrogen-bond donors (Lipinski definition) is 1. The third-order valence-electron chi connectivity index (χ3n) is 3.95. The van der Waals surface area contributed by atoms with E-state index in [2.05, 4.69) is 17.2 Å². The molecule has 1 aliphatic heterocycles. The summed E-state index contributed by atoms with van der Waals surface area (Å²) in [6.07, 6.45) is -2.61. The molecule has 1 fully saturated rings. The Hall–Kier alpha value is -1.10. The Morgan fingerprint density at radius 3 is 2.83 bits per heavy atom. The Bertz CT molecular complexity index is 470. The first-order chi connectivity index (χ1) is 8.45. The number of rotatable bonds is 0. The number of alkyl halides is 3. The first kappa shape index (κ1) is 12.0. The van der Waals surface area contributed by atoms with Gasteiger partial charge in [0.05, 0.1) is 0 Å². The topological polar surface area (TPSA) is 24.9 Å². The molecule has 18 heavy (non-hydrogen) atoms. The minimum atomic E-state index is -4.34. The number of fused-ring (bicyclic) bond motifs is 3. The molecular weight excluding hydrogens is 241 g/mol. The summed E-state index contributed by atoms with van der Waals surface area (Å²) in [5, 5.41) is 3.42. The zero-order chi connectivity index (χ0) is 12.9. The number of halogens is 3. The second-order valence-corrected chi connectivity index (χ2v) is 5.42. The van der Waals surface area contributed by atoms with Crippen LogP contribution in [0.3, 0.4) is 0 Å². The second-order valence-electron chi connectivity index (χ2n) is 5.42. The van der Waals surface area contributed by atoms with E-state index in [4.69, 9.17) is 0 Å². The van der Waals surface area contributed by atoms with Gasteiger partial charge in [-0.15, -0.1) is 0 Å². The van der Waals surface area contributed by atoms with Crippen LogP contribution in [0.5, 0.6) is 0 Å². The molecule has 0 amide bonds. The van der Waals surface area contributed by atoms with Gasteiger partial charge in [-0.25, -0.2) is 4.98 Å². The molecule has 0 radical (unpaired) electrons. The maximum atomic E-state index is 12.6. The smallest absolute Gasteiger partial charge is 0.309 e. The lowest BCUT2D eigenvalue weighted by Gasteiger charge is -2.31. The lowest BCUT2D eigenvalue weighted by atomic mass is 9.86. The standard InChI is InChI=1S/C13H15F3N2/c1-7-4-8-5-10-9(12(8)17-6-7)2-3-11(18-10)13(14,15)16/h2-3,7-8,12,17H,4-6H2,1H3/t7?,8?,12-/m1/s1. The van der Waals surface area contributed by atoms with Crippen LogP contribution in [0.2, 0.25) is 0 Å². The zero-order valence-corrected chi connectivity index (χ0v) is 10.1. The van der Waals surface area contributed by atoms with Gasteiger partial charge >= 0.3 is 6.18 Å². The molecule has 1 aromatic heterocycles. The van der Waals surface area contributed by atoms with Crippen LogP contribution in [0.1, 0.15) is 36.3 Å². The maximum Gasteiger partial charge on any atom is 0.433 e. The molecule has 3 atom stereocenters. The van der Waals surface area contributed by atoms with Crippen molar-refractivity contribution in [3.63, 3.8) is 0 Å². The fourth-order valence-corrected chi connectivity index (χ4v) is 3.16. The van der Waals surface area contributed by atoms with Crippen LogP contribution in [-0.2, 0) is 12.6 Å². The van der Waals surface area contributed by atoms with Crippen LogP contribution in [0, 0.1) is 11.8 Å². The zero-order valence-electron chi connectivity index (χ0n) is 10.1. The monoisotopic (exact) mass is 256 g/mol. The molecule has 5 heteroatoms. The lowest BCUT2D eigenvalue weighted by Crippen LogP contribution is -2.36. The third kappa shape index (κ3) is 1.90. The number of nitrogens with one attached hydrogen (secondary N) is 1. The summed E-state index contributed by atoms with van der Waals surface area (Å²) >= 11 is 0.